The fraction of sp³-hybridized carbons (Fsp3) is 0.859. The van der Waals surface area contributed by atoms with E-state index in [0.717, 1.165) is 64.2 Å². The second kappa shape index (κ2) is 71.3. The molecular weight excluding hydrogens is 1410 g/mol. The fourth-order valence-corrected chi connectivity index (χ4v) is 15.3. The first-order chi connectivity index (χ1) is 54.3. The zero-order valence-corrected chi connectivity index (χ0v) is 69.9. The number of carbonyl (C=O) groups excluding carboxylic acids is 1. The molecule has 0 bridgehead atoms. The van der Waals surface area contributed by atoms with Crippen LogP contribution in [0.25, 0.3) is 0 Å². The molecule has 12 N–H and O–H groups in total. The number of hydrogen-bond donors (Lipinski definition) is 12. The van der Waals surface area contributed by atoms with Gasteiger partial charge in [0.1, 0.15) is 73.2 Å². The number of allylic oxidation sites excluding steroid dienone is 11. The molecule has 0 radical (unpaired) electrons. The molecular formula is C92H167NO18. The number of nitrogens with one attached hydrogen (secondary N) is 1. The SMILES string of the molecule is CC/C=C\C/C=C\C/C=C\C/C=C\CCCCCCCCCCCCCCCCCCCCCCCCCCCCCCC(=O)NC(COC1OC(CO)C(OC2OC(CO)C(OC3OC(CO)C(O)C(O)C3O)C(O)C2O)C(O)C1O)C(O)/C=C/CC/C=C/CCCCCCCCCCCCCCCCCCCCC. The van der Waals surface area contributed by atoms with Gasteiger partial charge in [-0.3, -0.25) is 4.79 Å². The lowest BCUT2D eigenvalue weighted by Gasteiger charge is -2.48. The van der Waals surface area contributed by atoms with Crippen molar-refractivity contribution in [3.8, 4) is 0 Å². The van der Waals surface area contributed by atoms with Crippen LogP contribution in [0.4, 0.5) is 0 Å². The molecule has 3 aliphatic heterocycles. The van der Waals surface area contributed by atoms with Gasteiger partial charge in [0, 0.05) is 6.42 Å². The minimum absolute atomic E-state index is 0.238. The van der Waals surface area contributed by atoms with E-state index in [1.54, 1.807) is 6.08 Å². The average Bonchev–Trinajstić information content (AvgIpc) is 0.780. The number of amides is 1. The maximum atomic E-state index is 13.5. The number of hydrogen-bond acceptors (Lipinski definition) is 18. The number of aliphatic hydroxyl groups is 11. The number of carbonyl (C=O) groups is 1. The van der Waals surface area contributed by atoms with E-state index in [4.69, 9.17) is 28.4 Å². The molecule has 0 aromatic rings. The highest BCUT2D eigenvalue weighted by Gasteiger charge is 2.54. The van der Waals surface area contributed by atoms with E-state index in [1.807, 2.05) is 6.08 Å². The summed E-state index contributed by atoms with van der Waals surface area (Å²) in [6.07, 6.45) is 69.3. The normalized spacial score (nSPS) is 25.4. The van der Waals surface area contributed by atoms with Crippen LogP contribution in [0.2, 0.25) is 0 Å². The Morgan fingerprint density at radius 1 is 0.333 bits per heavy atom. The van der Waals surface area contributed by atoms with Gasteiger partial charge in [-0.15, -0.1) is 0 Å². The van der Waals surface area contributed by atoms with Gasteiger partial charge < -0.3 is 89.9 Å². The highest BCUT2D eigenvalue weighted by atomic mass is 16.8. The zero-order chi connectivity index (χ0) is 80.3. The summed E-state index contributed by atoms with van der Waals surface area (Å²) in [4.78, 5) is 13.5. The van der Waals surface area contributed by atoms with E-state index in [0.29, 0.717) is 12.8 Å². The van der Waals surface area contributed by atoms with Crippen LogP contribution < -0.4 is 5.32 Å². The molecule has 111 heavy (non-hydrogen) atoms. The fourth-order valence-electron chi connectivity index (χ4n) is 15.3. The minimum Gasteiger partial charge on any atom is -0.394 e. The van der Waals surface area contributed by atoms with Crippen molar-refractivity contribution in [2.24, 2.45) is 0 Å². The standard InChI is InChI=1S/C92H167NO18/c1-3-5-7-9-11-13-15-17-19-21-23-25-27-29-30-31-32-33-34-35-36-37-38-39-40-41-42-43-44-46-48-50-52-54-56-58-60-62-64-66-68-70-80(98)93-75(76(97)69-67-65-63-61-59-57-55-53-51-49-47-45-28-26-24-22-20-18-16-14-12-10-8-6-4-2)74-106-90-86(104)83(101)88(78(72-95)108-90)111-92-87(105)84(102)89(79(73-96)109-92)110-91-85(103)82(100)81(99)77(71-94)107-91/h5,7,11,13,17,19,23,25,59,61,67,69,75-79,81-92,94-97,99-105H,3-4,6,8-10,12,14-16,18,20-22,24,26-58,60,62-66,68,70-74H2,1-2H3,(H,93,98)/b7-5-,13-11-,19-17-,25-23-,61-59+,69-67+. The first kappa shape index (κ1) is 102. The predicted molar refractivity (Wildman–Crippen MR) is 448 cm³/mol. The molecule has 19 nitrogen and oxygen atoms in total. The van der Waals surface area contributed by atoms with Gasteiger partial charge in [-0.2, -0.15) is 0 Å². The molecule has 648 valence electrons. The van der Waals surface area contributed by atoms with Crippen LogP contribution >= 0.6 is 0 Å². The van der Waals surface area contributed by atoms with Gasteiger partial charge in [0.05, 0.1) is 38.6 Å². The summed E-state index contributed by atoms with van der Waals surface area (Å²) >= 11 is 0. The lowest BCUT2D eigenvalue weighted by Crippen LogP contribution is -2.66. The molecule has 0 aromatic carbocycles. The largest absolute Gasteiger partial charge is 0.394 e. The van der Waals surface area contributed by atoms with Gasteiger partial charge in [-0.25, -0.2) is 0 Å². The summed E-state index contributed by atoms with van der Waals surface area (Å²) in [6, 6.07) is -0.992. The Morgan fingerprint density at radius 3 is 1.01 bits per heavy atom. The summed E-state index contributed by atoms with van der Waals surface area (Å²) in [7, 11) is 0. The number of rotatable bonds is 74. The van der Waals surface area contributed by atoms with Crippen LogP contribution in [0.1, 0.15) is 373 Å². The second-order valence-corrected chi connectivity index (χ2v) is 32.4. The molecule has 3 fully saturated rings. The molecule has 1 amide bonds. The minimum atomic E-state index is -1.98. The van der Waals surface area contributed by atoms with Crippen molar-refractivity contribution in [3.05, 3.63) is 72.9 Å². The van der Waals surface area contributed by atoms with Crippen LogP contribution in [0.5, 0.6) is 0 Å². The molecule has 19 heteroatoms. The van der Waals surface area contributed by atoms with Crippen molar-refractivity contribution in [1.29, 1.82) is 0 Å². The Balaban J connectivity index is 1.30. The second-order valence-electron chi connectivity index (χ2n) is 32.4. The van der Waals surface area contributed by atoms with Crippen LogP contribution in [0.3, 0.4) is 0 Å². The molecule has 3 heterocycles. The summed E-state index contributed by atoms with van der Waals surface area (Å²) in [5.74, 6) is -0.278. The van der Waals surface area contributed by atoms with Crippen molar-refractivity contribution in [2.45, 2.75) is 478 Å². The van der Waals surface area contributed by atoms with Gasteiger partial charge in [0.15, 0.2) is 18.9 Å². The lowest BCUT2D eigenvalue weighted by atomic mass is 9.96. The van der Waals surface area contributed by atoms with Gasteiger partial charge >= 0.3 is 0 Å². The zero-order valence-electron chi connectivity index (χ0n) is 69.9. The maximum Gasteiger partial charge on any atom is 0.220 e. The Kier molecular flexibility index (Phi) is 65.8. The topological polar surface area (TPSA) is 307 Å². The summed E-state index contributed by atoms with van der Waals surface area (Å²) in [6.45, 7) is 1.66. The van der Waals surface area contributed by atoms with Crippen molar-refractivity contribution in [2.75, 3.05) is 26.4 Å². The summed E-state index contributed by atoms with van der Waals surface area (Å²) in [5, 5.41) is 121. The molecule has 3 saturated heterocycles. The monoisotopic (exact) mass is 1570 g/mol. The predicted octanol–water partition coefficient (Wildman–Crippen LogP) is 17.5. The van der Waals surface area contributed by atoms with E-state index >= 15 is 0 Å². The Labute approximate surface area is 674 Å². The maximum absolute atomic E-state index is 13.5. The molecule has 0 spiro atoms. The van der Waals surface area contributed by atoms with Crippen molar-refractivity contribution in [1.82, 2.24) is 5.32 Å². The number of aliphatic hydroxyl groups excluding tert-OH is 11. The Bertz CT molecular complexity index is 2280. The first-order valence-corrected chi connectivity index (χ1v) is 45.7. The van der Waals surface area contributed by atoms with Crippen molar-refractivity contribution >= 4 is 5.91 Å². The van der Waals surface area contributed by atoms with E-state index in [2.05, 4.69) is 79.9 Å². The van der Waals surface area contributed by atoms with Gasteiger partial charge in [0.2, 0.25) is 5.91 Å². The van der Waals surface area contributed by atoms with Crippen molar-refractivity contribution < 1.29 is 89.4 Å². The third-order valence-electron chi connectivity index (χ3n) is 22.5. The molecule has 0 aromatic heterocycles. The van der Waals surface area contributed by atoms with E-state index in [9.17, 15) is 61.0 Å². The third kappa shape index (κ3) is 49.9. The number of ether oxygens (including phenoxy) is 6. The van der Waals surface area contributed by atoms with Crippen LogP contribution in [-0.2, 0) is 33.2 Å². The van der Waals surface area contributed by atoms with E-state index in [1.165, 1.54) is 276 Å². The smallest absolute Gasteiger partial charge is 0.220 e. The molecule has 17 unspecified atom stereocenters. The molecule has 3 rings (SSSR count). The van der Waals surface area contributed by atoms with Gasteiger partial charge in [-0.1, -0.05) is 369 Å². The number of unbranched alkanes of at least 4 members (excludes halogenated alkanes) is 48. The molecule has 0 saturated carbocycles. The van der Waals surface area contributed by atoms with E-state index in [-0.39, 0.29) is 18.9 Å². The van der Waals surface area contributed by atoms with Gasteiger partial charge in [0.25, 0.3) is 0 Å². The van der Waals surface area contributed by atoms with Crippen LogP contribution in [0.15, 0.2) is 72.9 Å². The summed E-state index contributed by atoms with van der Waals surface area (Å²) in [5.41, 5.74) is 0. The highest BCUT2D eigenvalue weighted by molar-refractivity contribution is 5.76. The summed E-state index contributed by atoms with van der Waals surface area (Å²) < 4.78 is 34.5. The van der Waals surface area contributed by atoms with E-state index < -0.39 is 124 Å². The first-order valence-electron chi connectivity index (χ1n) is 45.7. The van der Waals surface area contributed by atoms with Crippen LogP contribution in [0, 0.1) is 0 Å². The van der Waals surface area contributed by atoms with Crippen molar-refractivity contribution in [3.63, 3.8) is 0 Å². The Morgan fingerprint density at radius 2 is 0.631 bits per heavy atom. The highest BCUT2D eigenvalue weighted by Crippen LogP contribution is 2.34. The quantitative estimate of drug-likeness (QED) is 0.0199. The van der Waals surface area contributed by atoms with Crippen LogP contribution in [-0.4, -0.2) is 193 Å². The lowest BCUT2D eigenvalue weighted by molar-refractivity contribution is -0.379. The molecule has 0 aliphatic carbocycles. The van der Waals surface area contributed by atoms with Gasteiger partial charge in [-0.05, 0) is 70.6 Å². The molecule has 17 atom stereocenters. The Hall–Kier alpha value is -2.77. The molecule has 3 aliphatic rings. The average molecular weight is 1580 g/mol. The third-order valence-corrected chi connectivity index (χ3v) is 22.5.